The Labute approximate surface area is 102 Å². The van der Waals surface area contributed by atoms with Crippen LogP contribution in [0.2, 0.25) is 0 Å². The fourth-order valence-electron chi connectivity index (χ4n) is 2.10. The van der Waals surface area contributed by atoms with E-state index in [0.29, 0.717) is 0 Å². The van der Waals surface area contributed by atoms with Gasteiger partial charge in [0.15, 0.2) is 0 Å². The number of β-amino-alcohol motifs (C(OH)–C–C–N with tert-alkyl or cyclic N) is 1. The third-order valence-corrected chi connectivity index (χ3v) is 3.12. The minimum atomic E-state index is -0.213. The molecule has 4 nitrogen and oxygen atoms in total. The van der Waals surface area contributed by atoms with Crippen LogP contribution in [-0.2, 0) is 0 Å². The second-order valence-electron chi connectivity index (χ2n) is 4.53. The molecule has 0 saturated carbocycles. The summed E-state index contributed by atoms with van der Waals surface area (Å²) in [5.41, 5.74) is 0. The number of hydrogen-bond acceptors (Lipinski definition) is 4. The quantitative estimate of drug-likeness (QED) is 0.837. The summed E-state index contributed by atoms with van der Waals surface area (Å²) in [7, 11) is 0. The van der Waals surface area contributed by atoms with Gasteiger partial charge in [0.25, 0.3) is 0 Å². The zero-order valence-corrected chi connectivity index (χ0v) is 10.2. The second-order valence-corrected chi connectivity index (χ2v) is 4.53. The van der Waals surface area contributed by atoms with Gasteiger partial charge in [0.05, 0.1) is 6.10 Å². The summed E-state index contributed by atoms with van der Waals surface area (Å²) in [5.74, 6) is 0.878. The summed E-state index contributed by atoms with van der Waals surface area (Å²) < 4.78 is 5.86. The van der Waals surface area contributed by atoms with E-state index >= 15 is 0 Å². The van der Waals surface area contributed by atoms with Gasteiger partial charge in [0, 0.05) is 32.0 Å². The lowest BCUT2D eigenvalue weighted by molar-refractivity contribution is 0.113. The van der Waals surface area contributed by atoms with Gasteiger partial charge < -0.3 is 9.84 Å². The second kappa shape index (κ2) is 5.98. The van der Waals surface area contributed by atoms with Crippen molar-refractivity contribution in [2.75, 3.05) is 19.6 Å². The van der Waals surface area contributed by atoms with Crippen LogP contribution in [0.4, 0.5) is 0 Å². The molecule has 1 aliphatic rings. The molecule has 0 aliphatic carbocycles. The molecule has 1 aromatic heterocycles. The number of aliphatic hydroxyl groups excluding tert-OH is 1. The number of rotatable bonds is 5. The average molecular weight is 236 g/mol. The normalized spacial score (nSPS) is 22.6. The van der Waals surface area contributed by atoms with Gasteiger partial charge in [-0.1, -0.05) is 6.92 Å². The van der Waals surface area contributed by atoms with E-state index in [9.17, 15) is 5.11 Å². The molecule has 2 heterocycles. The fourth-order valence-corrected chi connectivity index (χ4v) is 2.10. The molecule has 1 saturated heterocycles. The highest BCUT2D eigenvalue weighted by molar-refractivity contribution is 5.17. The molecule has 0 spiro atoms. The topological polar surface area (TPSA) is 45.6 Å². The Kier molecular flexibility index (Phi) is 4.34. The molecule has 1 fully saturated rings. The van der Waals surface area contributed by atoms with E-state index in [4.69, 9.17) is 4.74 Å². The van der Waals surface area contributed by atoms with Crippen molar-refractivity contribution >= 4 is 0 Å². The SMILES string of the molecule is CC[C@@H](O)CN1CCC(Oc2ccncc2)C1. The van der Waals surface area contributed by atoms with Gasteiger partial charge in [-0.25, -0.2) is 0 Å². The standard InChI is InChI=1S/C13H20N2O2/c1-2-11(16)9-15-8-5-13(10-15)17-12-3-6-14-7-4-12/h3-4,6-7,11,13,16H,2,5,8-10H2,1H3/t11-,13?/m1/s1. The van der Waals surface area contributed by atoms with E-state index < -0.39 is 0 Å². The fraction of sp³-hybridized carbons (Fsp3) is 0.615. The average Bonchev–Trinajstić information content (AvgIpc) is 2.77. The van der Waals surface area contributed by atoms with E-state index in [1.165, 1.54) is 0 Å². The highest BCUT2D eigenvalue weighted by Gasteiger charge is 2.24. The summed E-state index contributed by atoms with van der Waals surface area (Å²) in [5, 5.41) is 9.60. The first-order chi connectivity index (χ1) is 8.28. The summed E-state index contributed by atoms with van der Waals surface area (Å²) in [6.45, 7) is 4.67. The number of aliphatic hydroxyl groups is 1. The van der Waals surface area contributed by atoms with E-state index in [1.54, 1.807) is 12.4 Å². The maximum absolute atomic E-state index is 9.60. The van der Waals surface area contributed by atoms with E-state index in [1.807, 2.05) is 19.1 Å². The first-order valence-corrected chi connectivity index (χ1v) is 6.25. The molecule has 1 unspecified atom stereocenters. The van der Waals surface area contributed by atoms with Crippen molar-refractivity contribution < 1.29 is 9.84 Å². The van der Waals surface area contributed by atoms with Gasteiger partial charge in [-0.05, 0) is 25.0 Å². The molecule has 1 aromatic rings. The first-order valence-electron chi connectivity index (χ1n) is 6.25. The smallest absolute Gasteiger partial charge is 0.122 e. The minimum absolute atomic E-state index is 0.213. The summed E-state index contributed by atoms with van der Waals surface area (Å²) in [6, 6.07) is 3.76. The van der Waals surface area contributed by atoms with Crippen LogP contribution < -0.4 is 4.74 Å². The highest BCUT2D eigenvalue weighted by Crippen LogP contribution is 2.17. The lowest BCUT2D eigenvalue weighted by Crippen LogP contribution is -2.32. The van der Waals surface area contributed by atoms with Gasteiger partial charge in [0.2, 0.25) is 0 Å². The van der Waals surface area contributed by atoms with Crippen molar-refractivity contribution in [3.63, 3.8) is 0 Å². The summed E-state index contributed by atoms with van der Waals surface area (Å²) in [6.07, 6.45) is 5.34. The van der Waals surface area contributed by atoms with Crippen LogP contribution in [0.25, 0.3) is 0 Å². The predicted octanol–water partition coefficient (Wildman–Crippen LogP) is 1.31. The summed E-state index contributed by atoms with van der Waals surface area (Å²) >= 11 is 0. The Hall–Kier alpha value is -1.13. The van der Waals surface area contributed by atoms with Gasteiger partial charge >= 0.3 is 0 Å². The molecular formula is C13H20N2O2. The van der Waals surface area contributed by atoms with E-state index in [2.05, 4.69) is 9.88 Å². The third-order valence-electron chi connectivity index (χ3n) is 3.12. The van der Waals surface area contributed by atoms with Crippen LogP contribution in [0.15, 0.2) is 24.5 Å². The van der Waals surface area contributed by atoms with Crippen molar-refractivity contribution in [1.29, 1.82) is 0 Å². The summed E-state index contributed by atoms with van der Waals surface area (Å²) in [4.78, 5) is 6.23. The molecule has 2 atom stereocenters. The number of hydrogen-bond donors (Lipinski definition) is 1. The molecule has 4 heteroatoms. The maximum Gasteiger partial charge on any atom is 0.122 e. The monoisotopic (exact) mass is 236 g/mol. The van der Waals surface area contributed by atoms with Crippen molar-refractivity contribution in [2.45, 2.75) is 32.0 Å². The minimum Gasteiger partial charge on any atom is -0.489 e. The zero-order chi connectivity index (χ0) is 12.1. The molecule has 17 heavy (non-hydrogen) atoms. The van der Waals surface area contributed by atoms with Crippen molar-refractivity contribution in [3.05, 3.63) is 24.5 Å². The Bertz CT molecular complexity index is 331. The number of nitrogens with zero attached hydrogens (tertiary/aromatic N) is 2. The molecule has 1 N–H and O–H groups in total. The molecule has 0 radical (unpaired) electrons. The van der Waals surface area contributed by atoms with Gasteiger partial charge in [-0.15, -0.1) is 0 Å². The van der Waals surface area contributed by atoms with E-state index in [0.717, 1.165) is 38.2 Å². The van der Waals surface area contributed by atoms with Gasteiger partial charge in [-0.3, -0.25) is 9.88 Å². The van der Waals surface area contributed by atoms with Gasteiger partial charge in [-0.2, -0.15) is 0 Å². The Morgan fingerprint density at radius 1 is 1.53 bits per heavy atom. The Morgan fingerprint density at radius 2 is 2.29 bits per heavy atom. The van der Waals surface area contributed by atoms with Crippen LogP contribution in [0.3, 0.4) is 0 Å². The van der Waals surface area contributed by atoms with Crippen LogP contribution >= 0.6 is 0 Å². The van der Waals surface area contributed by atoms with Crippen molar-refractivity contribution in [3.8, 4) is 5.75 Å². The largest absolute Gasteiger partial charge is 0.489 e. The maximum atomic E-state index is 9.60. The van der Waals surface area contributed by atoms with Crippen LogP contribution in [0, 0.1) is 0 Å². The van der Waals surface area contributed by atoms with Crippen molar-refractivity contribution in [1.82, 2.24) is 9.88 Å². The molecule has 94 valence electrons. The number of likely N-dealkylation sites (tertiary alicyclic amines) is 1. The number of pyridine rings is 1. The molecule has 2 rings (SSSR count). The Morgan fingerprint density at radius 3 is 3.00 bits per heavy atom. The number of ether oxygens (including phenoxy) is 1. The van der Waals surface area contributed by atoms with Crippen molar-refractivity contribution in [2.24, 2.45) is 0 Å². The van der Waals surface area contributed by atoms with Gasteiger partial charge in [0.1, 0.15) is 11.9 Å². The van der Waals surface area contributed by atoms with Crippen LogP contribution in [0.1, 0.15) is 19.8 Å². The molecule has 0 aromatic carbocycles. The molecule has 0 bridgehead atoms. The van der Waals surface area contributed by atoms with Crippen LogP contribution in [-0.4, -0.2) is 46.8 Å². The molecular weight excluding hydrogens is 216 g/mol. The zero-order valence-electron chi connectivity index (χ0n) is 10.2. The molecule has 1 aliphatic heterocycles. The molecule has 0 amide bonds. The lowest BCUT2D eigenvalue weighted by atomic mass is 10.2. The lowest BCUT2D eigenvalue weighted by Gasteiger charge is -2.19. The first kappa shape index (κ1) is 12.3. The van der Waals surface area contributed by atoms with Crippen LogP contribution in [0.5, 0.6) is 5.75 Å². The predicted molar refractivity (Wildman–Crippen MR) is 66.0 cm³/mol. The number of aromatic nitrogens is 1. The Balaban J connectivity index is 1.78. The van der Waals surface area contributed by atoms with E-state index in [-0.39, 0.29) is 12.2 Å². The highest BCUT2D eigenvalue weighted by atomic mass is 16.5. The third kappa shape index (κ3) is 3.68.